The first kappa shape index (κ1) is 14.3. The van der Waals surface area contributed by atoms with Crippen molar-refractivity contribution in [3.8, 4) is 11.3 Å². The van der Waals surface area contributed by atoms with Crippen LogP contribution in [0, 0.1) is 0 Å². The average Bonchev–Trinajstić information content (AvgIpc) is 2.54. The number of carbonyl (C=O) groups is 1. The van der Waals surface area contributed by atoms with Crippen molar-refractivity contribution in [2.24, 2.45) is 0 Å². The molecule has 0 fully saturated rings. The first-order valence-electron chi connectivity index (χ1n) is 7.31. The van der Waals surface area contributed by atoms with E-state index in [9.17, 15) is 4.79 Å². The highest BCUT2D eigenvalue weighted by molar-refractivity contribution is 5.91. The van der Waals surface area contributed by atoms with Gasteiger partial charge >= 0.3 is 5.97 Å². The van der Waals surface area contributed by atoms with Crippen LogP contribution >= 0.6 is 0 Å². The van der Waals surface area contributed by atoms with E-state index in [1.54, 1.807) is 6.07 Å². The van der Waals surface area contributed by atoms with E-state index >= 15 is 0 Å². The molecule has 0 N–H and O–H groups in total. The number of ether oxygens (including phenoxy) is 1. The number of hydrogen-bond acceptors (Lipinski definition) is 3. The summed E-state index contributed by atoms with van der Waals surface area (Å²) in [5.74, 6) is -0.308. The first-order valence-corrected chi connectivity index (χ1v) is 7.31. The molecule has 0 saturated carbocycles. The summed E-state index contributed by atoms with van der Waals surface area (Å²) in [6.45, 7) is 3.68. The van der Waals surface area contributed by atoms with Crippen LogP contribution in [0.2, 0.25) is 0 Å². The number of rotatable bonds is 3. The van der Waals surface area contributed by atoms with Crippen LogP contribution in [-0.2, 0) is 4.74 Å². The van der Waals surface area contributed by atoms with Crippen LogP contribution < -0.4 is 0 Å². The molecule has 3 rings (SSSR count). The Morgan fingerprint density at radius 3 is 2.64 bits per heavy atom. The van der Waals surface area contributed by atoms with Crippen molar-refractivity contribution in [1.82, 2.24) is 4.98 Å². The summed E-state index contributed by atoms with van der Waals surface area (Å²) in [5, 5.41) is 1.10. The predicted molar refractivity (Wildman–Crippen MR) is 87.7 cm³/mol. The van der Waals surface area contributed by atoms with E-state index < -0.39 is 0 Å². The zero-order valence-electron chi connectivity index (χ0n) is 12.6. The second-order valence-electron chi connectivity index (χ2n) is 5.42. The van der Waals surface area contributed by atoms with Crippen molar-refractivity contribution < 1.29 is 9.53 Å². The number of para-hydroxylation sites is 1. The van der Waals surface area contributed by atoms with E-state index in [1.807, 2.05) is 68.4 Å². The molecule has 0 radical (unpaired) electrons. The lowest BCUT2D eigenvalue weighted by atomic mass is 10.1. The number of fused-ring (bicyclic) bond motifs is 1. The number of carbonyl (C=O) groups excluding carboxylic acids is 1. The number of benzene rings is 2. The minimum absolute atomic E-state index is 0.130. The Kier molecular flexibility index (Phi) is 3.88. The molecule has 110 valence electrons. The molecule has 22 heavy (non-hydrogen) atoms. The maximum atomic E-state index is 12.0. The average molecular weight is 291 g/mol. The second kappa shape index (κ2) is 5.98. The summed E-state index contributed by atoms with van der Waals surface area (Å²) in [6, 6.07) is 19.4. The molecule has 0 atom stereocenters. The minimum atomic E-state index is -0.308. The number of aromatic nitrogens is 1. The Morgan fingerprint density at radius 2 is 1.82 bits per heavy atom. The number of hydrogen-bond donors (Lipinski definition) is 0. The van der Waals surface area contributed by atoms with Crippen molar-refractivity contribution in [3.63, 3.8) is 0 Å². The van der Waals surface area contributed by atoms with Crippen molar-refractivity contribution in [2.45, 2.75) is 20.0 Å². The van der Waals surface area contributed by atoms with E-state index in [-0.39, 0.29) is 12.1 Å². The topological polar surface area (TPSA) is 39.2 Å². The Bertz CT molecular complexity index is 824. The molecule has 0 aliphatic heterocycles. The largest absolute Gasteiger partial charge is 0.459 e. The molecule has 0 aliphatic carbocycles. The molecule has 1 aromatic heterocycles. The molecule has 0 bridgehead atoms. The third kappa shape index (κ3) is 2.98. The maximum absolute atomic E-state index is 12.0. The first-order chi connectivity index (χ1) is 10.6. The summed E-state index contributed by atoms with van der Waals surface area (Å²) in [6.07, 6.45) is -0.130. The summed E-state index contributed by atoms with van der Waals surface area (Å²) >= 11 is 0. The van der Waals surface area contributed by atoms with E-state index in [1.165, 1.54) is 0 Å². The van der Waals surface area contributed by atoms with Gasteiger partial charge in [0.2, 0.25) is 0 Å². The molecule has 3 nitrogen and oxygen atoms in total. The minimum Gasteiger partial charge on any atom is -0.459 e. The van der Waals surface area contributed by atoms with Gasteiger partial charge in [-0.2, -0.15) is 0 Å². The van der Waals surface area contributed by atoms with Gasteiger partial charge < -0.3 is 4.74 Å². The van der Waals surface area contributed by atoms with Crippen LogP contribution in [-0.4, -0.2) is 17.1 Å². The maximum Gasteiger partial charge on any atom is 0.338 e. The highest BCUT2D eigenvalue weighted by Gasteiger charge is 2.10. The highest BCUT2D eigenvalue weighted by atomic mass is 16.5. The Labute approximate surface area is 129 Å². The van der Waals surface area contributed by atoms with Crippen molar-refractivity contribution in [2.75, 3.05) is 0 Å². The summed E-state index contributed by atoms with van der Waals surface area (Å²) in [4.78, 5) is 16.7. The van der Waals surface area contributed by atoms with Crippen molar-refractivity contribution in [1.29, 1.82) is 0 Å². The third-order valence-corrected chi connectivity index (χ3v) is 3.34. The third-order valence-electron chi connectivity index (χ3n) is 3.34. The number of pyridine rings is 1. The van der Waals surface area contributed by atoms with E-state index in [0.717, 1.165) is 22.2 Å². The van der Waals surface area contributed by atoms with Gasteiger partial charge in [-0.1, -0.05) is 36.4 Å². The van der Waals surface area contributed by atoms with Gasteiger partial charge in [0, 0.05) is 10.9 Å². The molecular weight excluding hydrogens is 274 g/mol. The van der Waals surface area contributed by atoms with Crippen LogP contribution in [0.4, 0.5) is 0 Å². The van der Waals surface area contributed by atoms with Gasteiger partial charge in [-0.05, 0) is 38.1 Å². The zero-order valence-corrected chi connectivity index (χ0v) is 12.6. The number of nitrogens with zero attached hydrogens (tertiary/aromatic N) is 1. The zero-order chi connectivity index (χ0) is 15.5. The lowest BCUT2D eigenvalue weighted by molar-refractivity contribution is 0.0378. The number of esters is 1. The van der Waals surface area contributed by atoms with Crippen LogP contribution in [0.25, 0.3) is 22.2 Å². The van der Waals surface area contributed by atoms with Gasteiger partial charge in [0.05, 0.1) is 22.9 Å². The molecule has 3 aromatic rings. The molecule has 3 heteroatoms. The van der Waals surface area contributed by atoms with Gasteiger partial charge in [0.25, 0.3) is 0 Å². The van der Waals surface area contributed by atoms with Crippen LogP contribution in [0.3, 0.4) is 0 Å². The molecule has 1 heterocycles. The standard InChI is InChI=1S/C19H17NO2/c1-13(2)22-19(21)16-8-5-7-15(12-16)18-11-10-14-6-3-4-9-17(14)20-18/h3-13H,1-2H3. The van der Waals surface area contributed by atoms with Gasteiger partial charge in [0.15, 0.2) is 0 Å². The fourth-order valence-electron chi connectivity index (χ4n) is 2.31. The van der Waals surface area contributed by atoms with Crippen LogP contribution in [0.5, 0.6) is 0 Å². The van der Waals surface area contributed by atoms with E-state index in [2.05, 4.69) is 4.98 Å². The van der Waals surface area contributed by atoms with Gasteiger partial charge in [-0.15, -0.1) is 0 Å². The summed E-state index contributed by atoms with van der Waals surface area (Å²) < 4.78 is 5.24. The Morgan fingerprint density at radius 1 is 1.00 bits per heavy atom. The van der Waals surface area contributed by atoms with Crippen molar-refractivity contribution >= 4 is 16.9 Å². The van der Waals surface area contributed by atoms with E-state index in [4.69, 9.17) is 4.74 Å². The van der Waals surface area contributed by atoms with Gasteiger partial charge in [-0.25, -0.2) is 9.78 Å². The summed E-state index contributed by atoms with van der Waals surface area (Å²) in [7, 11) is 0. The smallest absolute Gasteiger partial charge is 0.338 e. The Hall–Kier alpha value is -2.68. The van der Waals surface area contributed by atoms with Crippen LogP contribution in [0.1, 0.15) is 24.2 Å². The lowest BCUT2D eigenvalue weighted by Gasteiger charge is -2.09. The normalized spacial score (nSPS) is 10.9. The predicted octanol–water partition coefficient (Wildman–Crippen LogP) is 4.47. The van der Waals surface area contributed by atoms with Gasteiger partial charge in [0.1, 0.15) is 0 Å². The van der Waals surface area contributed by atoms with Crippen LogP contribution in [0.15, 0.2) is 60.7 Å². The molecule has 2 aromatic carbocycles. The lowest BCUT2D eigenvalue weighted by Crippen LogP contribution is -2.11. The fourth-order valence-corrected chi connectivity index (χ4v) is 2.31. The molecule has 0 saturated heterocycles. The molecule has 0 spiro atoms. The second-order valence-corrected chi connectivity index (χ2v) is 5.42. The fraction of sp³-hybridized carbons (Fsp3) is 0.158. The van der Waals surface area contributed by atoms with Gasteiger partial charge in [-0.3, -0.25) is 0 Å². The molecular formula is C19H17NO2. The summed E-state index contributed by atoms with van der Waals surface area (Å²) in [5.41, 5.74) is 3.23. The highest BCUT2D eigenvalue weighted by Crippen LogP contribution is 2.22. The van der Waals surface area contributed by atoms with E-state index in [0.29, 0.717) is 5.56 Å². The quantitative estimate of drug-likeness (QED) is 0.668. The molecule has 0 unspecified atom stereocenters. The van der Waals surface area contributed by atoms with Crippen molar-refractivity contribution in [3.05, 3.63) is 66.2 Å². The molecule has 0 aliphatic rings. The SMILES string of the molecule is CC(C)OC(=O)c1cccc(-c2ccc3ccccc3n2)c1. The Balaban J connectivity index is 1.98. The monoisotopic (exact) mass is 291 g/mol. The molecule has 0 amide bonds.